The van der Waals surface area contributed by atoms with Crippen LogP contribution >= 0.6 is 11.6 Å². The smallest absolute Gasteiger partial charge is 0.340 e. The molecule has 0 aliphatic carbocycles. The van der Waals surface area contributed by atoms with Crippen molar-refractivity contribution in [3.8, 4) is 0 Å². The maximum atomic E-state index is 13.1. The fraction of sp³-hybridized carbons (Fsp3) is 0.474. The van der Waals surface area contributed by atoms with Gasteiger partial charge in [0.1, 0.15) is 0 Å². The molecule has 7 nitrogen and oxygen atoms in total. The van der Waals surface area contributed by atoms with Gasteiger partial charge in [-0.1, -0.05) is 11.6 Å². The first-order chi connectivity index (χ1) is 14.4. The first-order valence-corrected chi connectivity index (χ1v) is 11.4. The highest BCUT2D eigenvalue weighted by atomic mass is 35.5. The number of amides is 1. The Labute approximate surface area is 183 Å². The predicted octanol–water partition coefficient (Wildman–Crippen LogP) is 3.10. The summed E-state index contributed by atoms with van der Waals surface area (Å²) in [4.78, 5) is 13.6. The Bertz CT molecular complexity index is 1080. The van der Waals surface area contributed by atoms with Crippen molar-refractivity contribution in [3.05, 3.63) is 46.2 Å². The number of piperazine rings is 1. The van der Waals surface area contributed by atoms with E-state index in [0.717, 1.165) is 27.8 Å². The number of sulfonamides is 1. The van der Waals surface area contributed by atoms with Crippen molar-refractivity contribution in [2.75, 3.05) is 26.2 Å². The fourth-order valence-electron chi connectivity index (χ4n) is 3.47. The molecule has 0 unspecified atom stereocenters. The third kappa shape index (κ3) is 5.21. The Kier molecular flexibility index (Phi) is 6.68. The van der Waals surface area contributed by atoms with Crippen molar-refractivity contribution >= 4 is 27.5 Å². The van der Waals surface area contributed by atoms with E-state index in [-0.39, 0.29) is 38.5 Å². The van der Waals surface area contributed by atoms with Gasteiger partial charge < -0.3 is 4.90 Å². The number of aromatic nitrogens is 2. The molecule has 1 aromatic carbocycles. The van der Waals surface area contributed by atoms with Crippen LogP contribution in [0.25, 0.3) is 0 Å². The first kappa shape index (κ1) is 23.6. The summed E-state index contributed by atoms with van der Waals surface area (Å²) >= 11 is 5.58. The zero-order chi connectivity index (χ0) is 23.0. The molecule has 1 aliphatic heterocycles. The van der Waals surface area contributed by atoms with Crippen molar-refractivity contribution in [2.24, 2.45) is 0 Å². The van der Waals surface area contributed by atoms with E-state index < -0.39 is 31.7 Å². The zero-order valence-corrected chi connectivity index (χ0v) is 18.6. The largest absolute Gasteiger partial charge is 0.417 e. The molecule has 0 atom stereocenters. The second-order valence-electron chi connectivity index (χ2n) is 7.32. The lowest BCUT2D eigenvalue weighted by Crippen LogP contribution is -2.50. The van der Waals surface area contributed by atoms with Gasteiger partial charge in [0.05, 0.1) is 21.2 Å². The maximum Gasteiger partial charge on any atom is 0.417 e. The van der Waals surface area contributed by atoms with Gasteiger partial charge in [-0.3, -0.25) is 9.48 Å². The van der Waals surface area contributed by atoms with E-state index in [1.807, 2.05) is 19.9 Å². The lowest BCUT2D eigenvalue weighted by atomic mass is 10.2. The van der Waals surface area contributed by atoms with Gasteiger partial charge in [-0.2, -0.15) is 22.6 Å². The van der Waals surface area contributed by atoms with Crippen molar-refractivity contribution in [2.45, 2.75) is 37.9 Å². The number of nitrogens with zero attached hydrogens (tertiary/aromatic N) is 4. The molecule has 31 heavy (non-hydrogen) atoms. The van der Waals surface area contributed by atoms with Crippen molar-refractivity contribution in [3.63, 3.8) is 0 Å². The van der Waals surface area contributed by atoms with Crippen LogP contribution in [0.4, 0.5) is 13.2 Å². The summed E-state index contributed by atoms with van der Waals surface area (Å²) in [6.07, 6.45) is -4.54. The van der Waals surface area contributed by atoms with Crippen LogP contribution in [0.5, 0.6) is 0 Å². The summed E-state index contributed by atoms with van der Waals surface area (Å²) in [6.45, 7) is 4.50. The third-order valence-electron chi connectivity index (χ3n) is 5.11. The second kappa shape index (κ2) is 8.79. The van der Waals surface area contributed by atoms with Crippen LogP contribution < -0.4 is 0 Å². The number of hydrogen-bond acceptors (Lipinski definition) is 4. The van der Waals surface area contributed by atoms with Gasteiger partial charge in [-0.05, 0) is 38.1 Å². The monoisotopic (exact) mass is 478 g/mol. The molecule has 2 aromatic rings. The average Bonchev–Trinajstić information content (AvgIpc) is 3.02. The van der Waals surface area contributed by atoms with Gasteiger partial charge in [-0.25, -0.2) is 8.42 Å². The number of carbonyl (C=O) groups is 1. The molecule has 1 aromatic heterocycles. The van der Waals surface area contributed by atoms with E-state index in [0.29, 0.717) is 12.6 Å². The molecule has 12 heteroatoms. The molecule has 0 spiro atoms. The number of carbonyl (C=O) groups excluding carboxylic acids is 1. The van der Waals surface area contributed by atoms with Gasteiger partial charge in [0.25, 0.3) is 0 Å². The van der Waals surface area contributed by atoms with Crippen LogP contribution in [0.3, 0.4) is 0 Å². The lowest BCUT2D eigenvalue weighted by molar-refractivity contribution is -0.137. The van der Waals surface area contributed by atoms with Crippen LogP contribution in [-0.2, 0) is 27.5 Å². The topological polar surface area (TPSA) is 75.5 Å². The number of aryl methyl sites for hydroxylation is 3. The van der Waals surface area contributed by atoms with E-state index in [1.54, 1.807) is 9.58 Å². The van der Waals surface area contributed by atoms with Crippen LogP contribution in [0.15, 0.2) is 29.2 Å². The molecule has 0 saturated carbocycles. The van der Waals surface area contributed by atoms with Gasteiger partial charge in [0.15, 0.2) is 0 Å². The van der Waals surface area contributed by atoms with Crippen LogP contribution in [-0.4, -0.2) is 59.5 Å². The Morgan fingerprint density at radius 3 is 2.32 bits per heavy atom. The van der Waals surface area contributed by atoms with Crippen LogP contribution in [0.1, 0.15) is 23.4 Å². The molecule has 0 radical (unpaired) electrons. The lowest BCUT2D eigenvalue weighted by Gasteiger charge is -2.34. The summed E-state index contributed by atoms with van der Waals surface area (Å²) < 4.78 is 67.7. The van der Waals surface area contributed by atoms with E-state index in [2.05, 4.69) is 5.10 Å². The molecule has 1 fully saturated rings. The molecule has 1 aliphatic rings. The highest BCUT2D eigenvalue weighted by Gasteiger charge is 2.36. The van der Waals surface area contributed by atoms with E-state index in [4.69, 9.17) is 11.6 Å². The number of halogens is 4. The number of alkyl halides is 3. The fourth-order valence-corrected chi connectivity index (χ4v) is 5.14. The molecule has 170 valence electrons. The minimum atomic E-state index is -4.76. The van der Waals surface area contributed by atoms with Gasteiger partial charge in [0, 0.05) is 44.8 Å². The Balaban J connectivity index is 1.63. The first-order valence-electron chi connectivity index (χ1n) is 9.55. The van der Waals surface area contributed by atoms with Crippen molar-refractivity contribution < 1.29 is 26.4 Å². The Morgan fingerprint density at radius 1 is 1.13 bits per heavy atom. The van der Waals surface area contributed by atoms with E-state index in [9.17, 15) is 26.4 Å². The van der Waals surface area contributed by atoms with Crippen LogP contribution in [0.2, 0.25) is 5.02 Å². The SMILES string of the molecule is Cc1cc(C)n(CCC(=O)N2CCN(S(=O)(=O)c3ccc(Cl)c(C(F)(F)F)c3)CC2)n1. The second-order valence-corrected chi connectivity index (χ2v) is 9.67. The standard InChI is InChI=1S/C19H22ClF3N4O3S/c1-13-11-14(2)27(24-13)6-5-18(28)25-7-9-26(10-8-25)31(29,30)15-3-4-17(20)16(12-15)19(21,22)23/h3-4,11-12H,5-10H2,1-2H3. The third-order valence-corrected chi connectivity index (χ3v) is 7.34. The highest BCUT2D eigenvalue weighted by molar-refractivity contribution is 7.89. The van der Waals surface area contributed by atoms with Crippen molar-refractivity contribution in [1.29, 1.82) is 0 Å². The molecular weight excluding hydrogens is 457 g/mol. The van der Waals surface area contributed by atoms with Gasteiger partial charge in [0.2, 0.25) is 15.9 Å². The van der Waals surface area contributed by atoms with Crippen LogP contribution in [0, 0.1) is 13.8 Å². The van der Waals surface area contributed by atoms with E-state index in [1.165, 1.54) is 0 Å². The summed E-state index contributed by atoms with van der Waals surface area (Å²) in [5.41, 5.74) is 0.607. The van der Waals surface area contributed by atoms with Gasteiger partial charge in [-0.15, -0.1) is 0 Å². The number of rotatable bonds is 5. The maximum absolute atomic E-state index is 13.1. The minimum Gasteiger partial charge on any atom is -0.340 e. The Morgan fingerprint density at radius 2 is 1.77 bits per heavy atom. The normalized spacial score (nSPS) is 16.0. The molecule has 1 saturated heterocycles. The minimum absolute atomic E-state index is 0.00203. The summed E-state index contributed by atoms with van der Waals surface area (Å²) in [5, 5.41) is 3.74. The molecule has 0 bridgehead atoms. The number of hydrogen-bond donors (Lipinski definition) is 0. The Hall–Kier alpha value is -2.11. The summed E-state index contributed by atoms with van der Waals surface area (Å²) in [5.74, 6) is -0.129. The molecule has 0 N–H and O–H groups in total. The van der Waals surface area contributed by atoms with E-state index >= 15 is 0 Å². The average molecular weight is 479 g/mol. The molecule has 1 amide bonds. The zero-order valence-electron chi connectivity index (χ0n) is 17.0. The van der Waals surface area contributed by atoms with Crippen molar-refractivity contribution in [1.82, 2.24) is 19.0 Å². The summed E-state index contributed by atoms with van der Waals surface area (Å²) in [7, 11) is -4.15. The predicted molar refractivity (Wildman–Crippen MR) is 108 cm³/mol. The quantitative estimate of drug-likeness (QED) is 0.662. The number of benzene rings is 1. The highest BCUT2D eigenvalue weighted by Crippen LogP contribution is 2.36. The summed E-state index contributed by atoms with van der Waals surface area (Å²) in [6, 6.07) is 4.44. The van der Waals surface area contributed by atoms with Gasteiger partial charge >= 0.3 is 6.18 Å². The molecular formula is C19H22ClF3N4O3S. The molecule has 2 heterocycles. The molecule has 3 rings (SSSR count).